The average Bonchev–Trinajstić information content (AvgIpc) is 2.82. The van der Waals surface area contributed by atoms with Crippen molar-refractivity contribution in [2.75, 3.05) is 33.2 Å². The van der Waals surface area contributed by atoms with Crippen molar-refractivity contribution in [3.63, 3.8) is 0 Å². The first-order chi connectivity index (χ1) is 15.8. The third kappa shape index (κ3) is 5.56. The Balaban J connectivity index is 1.93. The number of methoxy groups -OCH3 is 4. The zero-order valence-electron chi connectivity index (χ0n) is 18.6. The minimum Gasteiger partial charge on any atom is -0.495 e. The van der Waals surface area contributed by atoms with Gasteiger partial charge < -0.3 is 18.9 Å². The van der Waals surface area contributed by atoms with Crippen molar-refractivity contribution >= 4 is 27.9 Å². The lowest BCUT2D eigenvalue weighted by atomic mass is 10.1. The molecule has 0 saturated carbocycles. The van der Waals surface area contributed by atoms with E-state index in [1.807, 2.05) is 6.08 Å². The van der Waals surface area contributed by atoms with E-state index in [0.717, 1.165) is 17.7 Å². The number of hydrogen-bond donors (Lipinski definition) is 1. The van der Waals surface area contributed by atoms with E-state index in [4.69, 9.17) is 18.9 Å². The lowest BCUT2D eigenvalue weighted by Gasteiger charge is -2.13. The predicted octanol–water partition coefficient (Wildman–Crippen LogP) is 4.83. The van der Waals surface area contributed by atoms with Crippen LogP contribution in [-0.2, 0) is 10.0 Å². The molecule has 33 heavy (non-hydrogen) atoms. The molecule has 3 aromatic carbocycles. The fraction of sp³-hybridized carbons (Fsp3) is 0.167. The molecule has 0 atom stereocenters. The van der Waals surface area contributed by atoms with E-state index in [9.17, 15) is 12.8 Å². The summed E-state index contributed by atoms with van der Waals surface area (Å²) in [6.45, 7) is 0. The van der Waals surface area contributed by atoms with Crippen LogP contribution in [0.5, 0.6) is 23.0 Å². The number of rotatable bonds is 9. The second-order valence-electron chi connectivity index (χ2n) is 6.81. The third-order valence-electron chi connectivity index (χ3n) is 4.75. The lowest BCUT2D eigenvalue weighted by Crippen LogP contribution is -2.13. The van der Waals surface area contributed by atoms with E-state index in [1.54, 1.807) is 36.4 Å². The van der Waals surface area contributed by atoms with Gasteiger partial charge in [-0.1, -0.05) is 18.2 Å². The molecule has 0 unspecified atom stereocenters. The van der Waals surface area contributed by atoms with Gasteiger partial charge in [0.2, 0.25) is 5.75 Å². The molecule has 0 spiro atoms. The second-order valence-corrected chi connectivity index (χ2v) is 8.49. The summed E-state index contributed by atoms with van der Waals surface area (Å²) >= 11 is 0. The van der Waals surface area contributed by atoms with Gasteiger partial charge in [0, 0.05) is 0 Å². The number of benzene rings is 3. The Hall–Kier alpha value is -3.72. The summed E-state index contributed by atoms with van der Waals surface area (Å²) in [7, 11) is 2.10. The van der Waals surface area contributed by atoms with Crippen molar-refractivity contribution in [2.24, 2.45) is 0 Å². The number of halogens is 1. The van der Waals surface area contributed by atoms with Gasteiger partial charge in [0.1, 0.15) is 11.6 Å². The topological polar surface area (TPSA) is 83.1 Å². The molecule has 174 valence electrons. The predicted molar refractivity (Wildman–Crippen MR) is 125 cm³/mol. The van der Waals surface area contributed by atoms with E-state index < -0.39 is 15.8 Å². The maximum absolute atomic E-state index is 13.2. The lowest BCUT2D eigenvalue weighted by molar-refractivity contribution is 0.324. The van der Waals surface area contributed by atoms with Crippen molar-refractivity contribution in [3.05, 3.63) is 71.5 Å². The van der Waals surface area contributed by atoms with Gasteiger partial charge in [-0.25, -0.2) is 12.8 Å². The van der Waals surface area contributed by atoms with E-state index in [0.29, 0.717) is 28.6 Å². The third-order valence-corrected chi connectivity index (χ3v) is 6.13. The normalized spacial score (nSPS) is 11.3. The van der Waals surface area contributed by atoms with Gasteiger partial charge in [-0.2, -0.15) is 0 Å². The number of ether oxygens (including phenoxy) is 4. The van der Waals surface area contributed by atoms with Gasteiger partial charge in [0.15, 0.2) is 11.5 Å². The van der Waals surface area contributed by atoms with Crippen LogP contribution in [0.2, 0.25) is 0 Å². The quantitative estimate of drug-likeness (QED) is 0.448. The highest BCUT2D eigenvalue weighted by Gasteiger charge is 2.17. The molecular weight excluding hydrogens is 449 g/mol. The summed E-state index contributed by atoms with van der Waals surface area (Å²) in [5.74, 6) is 1.33. The molecule has 0 aromatic heterocycles. The summed E-state index contributed by atoms with van der Waals surface area (Å²) in [6.07, 6.45) is 3.63. The number of anilines is 1. The first-order valence-corrected chi connectivity index (χ1v) is 11.2. The molecule has 0 aliphatic rings. The zero-order chi connectivity index (χ0) is 24.0. The highest BCUT2D eigenvalue weighted by atomic mass is 32.2. The van der Waals surface area contributed by atoms with E-state index in [-0.39, 0.29) is 10.6 Å². The maximum Gasteiger partial charge on any atom is 0.262 e. The Morgan fingerprint density at radius 1 is 0.727 bits per heavy atom. The standard InChI is InChI=1S/C24H24FNO6S/c1-29-21-12-7-16(5-6-17-14-22(30-2)24(32-4)23(15-17)31-3)13-20(21)26-33(27,28)19-10-8-18(25)9-11-19/h5-15,26H,1-4H3. The molecule has 9 heteroatoms. The minimum atomic E-state index is -3.94. The Kier molecular flexibility index (Phi) is 7.44. The van der Waals surface area contributed by atoms with Gasteiger partial charge in [-0.15, -0.1) is 0 Å². The fourth-order valence-electron chi connectivity index (χ4n) is 3.12. The molecule has 0 heterocycles. The first-order valence-electron chi connectivity index (χ1n) is 9.75. The highest BCUT2D eigenvalue weighted by molar-refractivity contribution is 7.92. The number of hydrogen-bond acceptors (Lipinski definition) is 6. The van der Waals surface area contributed by atoms with Crippen LogP contribution in [0.4, 0.5) is 10.1 Å². The largest absolute Gasteiger partial charge is 0.495 e. The fourth-order valence-corrected chi connectivity index (χ4v) is 4.18. The monoisotopic (exact) mass is 473 g/mol. The Morgan fingerprint density at radius 3 is 1.85 bits per heavy atom. The molecule has 0 aliphatic carbocycles. The van der Waals surface area contributed by atoms with E-state index >= 15 is 0 Å². The molecule has 0 bridgehead atoms. The molecule has 0 fully saturated rings. The van der Waals surface area contributed by atoms with Crippen molar-refractivity contribution in [3.8, 4) is 23.0 Å². The summed E-state index contributed by atoms with van der Waals surface area (Å²) < 4.78 is 62.5. The van der Waals surface area contributed by atoms with Gasteiger partial charge in [0.25, 0.3) is 10.0 Å². The van der Waals surface area contributed by atoms with Crippen molar-refractivity contribution in [1.82, 2.24) is 0 Å². The van der Waals surface area contributed by atoms with E-state index in [2.05, 4.69) is 4.72 Å². The van der Waals surface area contributed by atoms with Crippen LogP contribution in [0.15, 0.2) is 59.5 Å². The Labute approximate surface area is 192 Å². The van der Waals surface area contributed by atoms with Crippen LogP contribution >= 0.6 is 0 Å². The molecule has 0 amide bonds. The summed E-state index contributed by atoms with van der Waals surface area (Å²) in [5, 5.41) is 0. The summed E-state index contributed by atoms with van der Waals surface area (Å²) in [5.41, 5.74) is 1.74. The van der Waals surface area contributed by atoms with Crippen LogP contribution in [0.25, 0.3) is 12.2 Å². The number of sulfonamides is 1. The van der Waals surface area contributed by atoms with Crippen LogP contribution in [-0.4, -0.2) is 36.9 Å². The molecule has 3 aromatic rings. The van der Waals surface area contributed by atoms with Crippen LogP contribution < -0.4 is 23.7 Å². The maximum atomic E-state index is 13.2. The molecular formula is C24H24FNO6S. The van der Waals surface area contributed by atoms with Gasteiger partial charge >= 0.3 is 0 Å². The zero-order valence-corrected chi connectivity index (χ0v) is 19.4. The van der Waals surface area contributed by atoms with Crippen LogP contribution in [0.3, 0.4) is 0 Å². The van der Waals surface area contributed by atoms with Crippen molar-refractivity contribution < 1.29 is 31.8 Å². The van der Waals surface area contributed by atoms with Crippen molar-refractivity contribution in [2.45, 2.75) is 4.90 Å². The Morgan fingerprint density at radius 2 is 1.30 bits per heavy atom. The SMILES string of the molecule is COc1ccc(C=Cc2cc(OC)c(OC)c(OC)c2)cc1NS(=O)(=O)c1ccc(F)cc1. The van der Waals surface area contributed by atoms with Gasteiger partial charge in [-0.05, 0) is 59.7 Å². The average molecular weight is 474 g/mol. The van der Waals surface area contributed by atoms with E-state index in [1.165, 1.54) is 40.6 Å². The number of nitrogens with one attached hydrogen (secondary N) is 1. The van der Waals surface area contributed by atoms with Crippen molar-refractivity contribution in [1.29, 1.82) is 0 Å². The minimum absolute atomic E-state index is 0.0654. The highest BCUT2D eigenvalue weighted by Crippen LogP contribution is 2.38. The first kappa shape index (κ1) is 23.9. The Bertz CT molecular complexity index is 1230. The summed E-state index contributed by atoms with van der Waals surface area (Å²) in [4.78, 5) is -0.0654. The molecule has 0 radical (unpaired) electrons. The molecule has 3 rings (SSSR count). The second kappa shape index (κ2) is 10.3. The molecule has 7 nitrogen and oxygen atoms in total. The van der Waals surface area contributed by atoms with Crippen LogP contribution in [0.1, 0.15) is 11.1 Å². The molecule has 0 aliphatic heterocycles. The van der Waals surface area contributed by atoms with Gasteiger partial charge in [-0.3, -0.25) is 4.72 Å². The van der Waals surface area contributed by atoms with Crippen LogP contribution in [0, 0.1) is 5.82 Å². The smallest absolute Gasteiger partial charge is 0.262 e. The summed E-state index contributed by atoms with van der Waals surface area (Å²) in [6, 6.07) is 13.2. The molecule has 1 N–H and O–H groups in total. The molecule has 0 saturated heterocycles. The van der Waals surface area contributed by atoms with Gasteiger partial charge in [0.05, 0.1) is 39.0 Å².